The first-order chi connectivity index (χ1) is 14.0. The zero-order valence-corrected chi connectivity index (χ0v) is 13.9. The van der Waals surface area contributed by atoms with Gasteiger partial charge in [0.2, 0.25) is 5.88 Å². The summed E-state index contributed by atoms with van der Waals surface area (Å²) in [5.41, 5.74) is -0.478. The molecule has 0 saturated heterocycles. The number of carboxylic acid groups (broad SMARTS) is 1. The van der Waals surface area contributed by atoms with Gasteiger partial charge in [-0.2, -0.15) is 0 Å². The van der Waals surface area contributed by atoms with Crippen LogP contribution in [-0.2, 0) is 9.59 Å². The molecule has 8 heteroatoms. The summed E-state index contributed by atoms with van der Waals surface area (Å²) in [4.78, 5) is 27.2. The van der Waals surface area contributed by atoms with Gasteiger partial charge in [0.25, 0.3) is 5.91 Å². The molecule has 0 fully saturated rings. The second-order valence-corrected chi connectivity index (χ2v) is 5.87. The number of methoxy groups -OCH3 is 1. The fraction of sp³-hybridized carbons (Fsp3) is 0.211. The van der Waals surface area contributed by atoms with Crippen molar-refractivity contribution >= 4 is 17.6 Å². The van der Waals surface area contributed by atoms with Gasteiger partial charge < -0.3 is 15.2 Å². The Kier molecular flexibility index (Phi) is 4.14. The number of aromatic nitrogens is 1. The van der Waals surface area contributed by atoms with Gasteiger partial charge in [-0.15, -0.1) is 0 Å². The number of carbonyl (C=O) groups excluding carboxylic acids is 1. The first-order valence-corrected chi connectivity index (χ1v) is 7.96. The Bertz CT molecular complexity index is 1030. The first kappa shape index (κ1) is 14.8. The summed E-state index contributed by atoms with van der Waals surface area (Å²) in [6.45, 7) is 0. The monoisotopic (exact) mass is 377 g/mol. The number of hydrogen-bond acceptors (Lipinski definition) is 4. The smallest absolute Gasteiger partial charge is 0.332 e. The standard InChI is InChI=1S/C19H16F2N2O4/c1-27-16-9-10(5-6-22-16)11-7-14(20)17(15(21)8-11)23-18(24)12-3-2-4-13(12)19(25)26/h5-9H,2-4H2,1H3,(H,23,24)(H,25,26)/i1D3. The van der Waals surface area contributed by atoms with Crippen molar-refractivity contribution in [3.8, 4) is 17.0 Å². The largest absolute Gasteiger partial charge is 0.481 e. The van der Waals surface area contributed by atoms with Crippen LogP contribution >= 0.6 is 0 Å². The normalized spacial score (nSPS) is 15.7. The Morgan fingerprint density at radius 1 is 1.19 bits per heavy atom. The number of pyridine rings is 1. The van der Waals surface area contributed by atoms with Crippen molar-refractivity contribution in [2.75, 3.05) is 12.4 Å². The molecule has 0 radical (unpaired) electrons. The Hall–Kier alpha value is -3.29. The maximum atomic E-state index is 14.5. The lowest BCUT2D eigenvalue weighted by Crippen LogP contribution is -2.18. The van der Waals surface area contributed by atoms with Crippen LogP contribution in [0.5, 0.6) is 5.88 Å². The third-order valence-corrected chi connectivity index (χ3v) is 4.20. The summed E-state index contributed by atoms with van der Waals surface area (Å²) in [6, 6.07) is 4.52. The van der Waals surface area contributed by atoms with Crippen LogP contribution in [0.15, 0.2) is 41.6 Å². The highest BCUT2D eigenvalue weighted by Crippen LogP contribution is 2.31. The van der Waals surface area contributed by atoms with Crippen LogP contribution in [0, 0.1) is 11.6 Å². The predicted octanol–water partition coefficient (Wildman–Crippen LogP) is 3.54. The Balaban J connectivity index is 1.88. The van der Waals surface area contributed by atoms with Crippen LogP contribution in [0.3, 0.4) is 0 Å². The molecule has 1 heterocycles. The third-order valence-electron chi connectivity index (χ3n) is 4.20. The number of amides is 1. The van der Waals surface area contributed by atoms with Crippen molar-refractivity contribution in [2.45, 2.75) is 19.3 Å². The molecule has 1 aliphatic rings. The molecule has 0 aliphatic heterocycles. The molecule has 2 aromatic rings. The zero-order chi connectivity index (χ0) is 22.1. The van der Waals surface area contributed by atoms with E-state index in [9.17, 15) is 18.4 Å². The molecule has 0 spiro atoms. The summed E-state index contributed by atoms with van der Waals surface area (Å²) in [5.74, 6) is -4.51. The van der Waals surface area contributed by atoms with Crippen molar-refractivity contribution in [3.05, 3.63) is 53.2 Å². The average molecular weight is 377 g/mol. The summed E-state index contributed by atoms with van der Waals surface area (Å²) < 4.78 is 55.0. The van der Waals surface area contributed by atoms with Crippen LogP contribution in [0.4, 0.5) is 14.5 Å². The third kappa shape index (κ3) is 3.79. The average Bonchev–Trinajstić information content (AvgIpc) is 3.13. The van der Waals surface area contributed by atoms with Gasteiger partial charge in [-0.05, 0) is 48.6 Å². The molecular weight excluding hydrogens is 358 g/mol. The van der Waals surface area contributed by atoms with E-state index in [4.69, 9.17) is 9.22 Å². The topological polar surface area (TPSA) is 88.5 Å². The van der Waals surface area contributed by atoms with E-state index in [2.05, 4.69) is 15.0 Å². The van der Waals surface area contributed by atoms with Crippen molar-refractivity contribution in [3.63, 3.8) is 0 Å². The van der Waals surface area contributed by atoms with E-state index in [-0.39, 0.29) is 41.0 Å². The van der Waals surface area contributed by atoms with E-state index in [0.29, 0.717) is 6.42 Å². The van der Waals surface area contributed by atoms with E-state index in [0.717, 1.165) is 12.1 Å². The molecule has 0 atom stereocenters. The Morgan fingerprint density at radius 2 is 1.89 bits per heavy atom. The molecule has 1 aromatic heterocycles. The van der Waals surface area contributed by atoms with Gasteiger partial charge in [0, 0.05) is 23.4 Å². The number of aliphatic carboxylic acids is 1. The van der Waals surface area contributed by atoms with Crippen LogP contribution in [-0.4, -0.2) is 29.0 Å². The molecule has 0 unspecified atom stereocenters. The minimum absolute atomic E-state index is 0.00836. The van der Waals surface area contributed by atoms with Crippen LogP contribution in [0.2, 0.25) is 0 Å². The number of carboxylic acids is 1. The molecule has 0 bridgehead atoms. The first-order valence-electron chi connectivity index (χ1n) is 9.46. The lowest BCUT2D eigenvalue weighted by molar-refractivity contribution is -0.133. The quantitative estimate of drug-likeness (QED) is 0.832. The molecule has 2 N–H and O–H groups in total. The molecule has 3 rings (SSSR count). The van der Waals surface area contributed by atoms with Crippen LogP contribution in [0.25, 0.3) is 11.1 Å². The minimum atomic E-state index is -2.74. The van der Waals surface area contributed by atoms with Gasteiger partial charge in [-0.3, -0.25) is 4.79 Å². The molecular formula is C19H16F2N2O4. The number of hydrogen-bond donors (Lipinski definition) is 2. The highest BCUT2D eigenvalue weighted by Gasteiger charge is 2.26. The van der Waals surface area contributed by atoms with Gasteiger partial charge >= 0.3 is 5.97 Å². The number of rotatable bonds is 5. The molecule has 0 saturated carbocycles. The highest BCUT2D eigenvalue weighted by atomic mass is 19.1. The summed E-state index contributed by atoms with van der Waals surface area (Å²) in [7, 11) is -2.74. The molecule has 1 aliphatic carbocycles. The summed E-state index contributed by atoms with van der Waals surface area (Å²) in [5, 5.41) is 11.2. The molecule has 6 nitrogen and oxygen atoms in total. The fourth-order valence-electron chi connectivity index (χ4n) is 2.92. The van der Waals surface area contributed by atoms with Crippen LogP contribution < -0.4 is 10.1 Å². The fourth-order valence-corrected chi connectivity index (χ4v) is 2.92. The second-order valence-electron chi connectivity index (χ2n) is 5.87. The van der Waals surface area contributed by atoms with Gasteiger partial charge in [-0.25, -0.2) is 18.6 Å². The van der Waals surface area contributed by atoms with Gasteiger partial charge in [0.05, 0.1) is 11.2 Å². The van der Waals surface area contributed by atoms with Gasteiger partial charge in [0.15, 0.2) is 0 Å². The van der Waals surface area contributed by atoms with Crippen molar-refractivity contribution in [1.29, 1.82) is 0 Å². The zero-order valence-electron chi connectivity index (χ0n) is 16.9. The Labute approximate surface area is 157 Å². The number of carbonyl (C=O) groups is 2. The number of nitrogens with zero attached hydrogens (tertiary/aromatic N) is 1. The number of benzene rings is 1. The molecule has 1 amide bonds. The number of nitrogens with one attached hydrogen (secondary N) is 1. The Morgan fingerprint density at radius 3 is 2.56 bits per heavy atom. The van der Waals surface area contributed by atoms with E-state index >= 15 is 0 Å². The maximum absolute atomic E-state index is 14.5. The lowest BCUT2D eigenvalue weighted by atomic mass is 10.1. The van der Waals surface area contributed by atoms with Crippen molar-refractivity contribution < 1.29 is 32.3 Å². The van der Waals surface area contributed by atoms with Gasteiger partial charge in [-0.1, -0.05) is 0 Å². The molecule has 27 heavy (non-hydrogen) atoms. The minimum Gasteiger partial charge on any atom is -0.481 e. The SMILES string of the molecule is [2H]C([2H])([2H])Oc1cc(-c2cc(F)c(NC(=O)C3=C(C(=O)O)CCC3)c(F)c2)ccn1. The second kappa shape index (κ2) is 7.53. The van der Waals surface area contributed by atoms with E-state index in [1.165, 1.54) is 18.3 Å². The number of anilines is 1. The van der Waals surface area contributed by atoms with E-state index in [1.807, 2.05) is 0 Å². The number of halogens is 2. The van der Waals surface area contributed by atoms with E-state index < -0.39 is 36.2 Å². The predicted molar refractivity (Wildman–Crippen MR) is 93.3 cm³/mol. The summed E-state index contributed by atoms with van der Waals surface area (Å²) >= 11 is 0. The molecule has 140 valence electrons. The van der Waals surface area contributed by atoms with Gasteiger partial charge in [0.1, 0.15) is 17.3 Å². The van der Waals surface area contributed by atoms with Crippen molar-refractivity contribution in [2.24, 2.45) is 0 Å². The van der Waals surface area contributed by atoms with Crippen molar-refractivity contribution in [1.82, 2.24) is 4.98 Å². The molecule has 1 aromatic carbocycles. The highest BCUT2D eigenvalue weighted by molar-refractivity contribution is 6.09. The lowest BCUT2D eigenvalue weighted by Gasteiger charge is -2.11. The van der Waals surface area contributed by atoms with E-state index in [1.54, 1.807) is 0 Å². The maximum Gasteiger partial charge on any atom is 0.332 e. The number of ether oxygens (including phenoxy) is 1. The summed E-state index contributed by atoms with van der Waals surface area (Å²) in [6.07, 6.45) is 2.11. The van der Waals surface area contributed by atoms with Crippen LogP contribution in [0.1, 0.15) is 23.4 Å².